The normalized spacial score (nSPS) is 18.7. The van der Waals surface area contributed by atoms with E-state index in [1.54, 1.807) is 24.3 Å². The van der Waals surface area contributed by atoms with Crippen LogP contribution in [0.3, 0.4) is 0 Å². The number of fused-ring (bicyclic) bond motifs is 2. The minimum absolute atomic E-state index is 0.00711. The zero-order chi connectivity index (χ0) is 26.2. The SMILES string of the molecule is N=C1/C(=C\c2cn(Cc3ccccc3F)c3ccccc23)C(=O)N=C2SC(CC(=O)N3CCCCC3)=NN12. The molecule has 1 saturated heterocycles. The molecule has 1 N–H and O–H groups in total. The molecule has 0 bridgehead atoms. The minimum atomic E-state index is -0.529. The van der Waals surface area contributed by atoms with E-state index in [9.17, 15) is 14.0 Å². The van der Waals surface area contributed by atoms with Crippen LogP contribution in [-0.4, -0.2) is 55.4 Å². The van der Waals surface area contributed by atoms with Crippen LogP contribution in [0.1, 0.15) is 36.8 Å². The molecule has 192 valence electrons. The molecular formula is C28H25FN6O2S. The van der Waals surface area contributed by atoms with Crippen molar-refractivity contribution in [3.63, 3.8) is 0 Å². The van der Waals surface area contributed by atoms with Gasteiger partial charge in [-0.25, -0.2) is 4.39 Å². The van der Waals surface area contributed by atoms with Crippen LogP contribution in [0.15, 0.2) is 70.4 Å². The molecule has 10 heteroatoms. The van der Waals surface area contributed by atoms with Gasteiger partial charge in [0, 0.05) is 41.3 Å². The molecule has 3 aliphatic rings. The van der Waals surface area contributed by atoms with Gasteiger partial charge in [0.2, 0.25) is 11.1 Å². The number of carbonyl (C=O) groups excluding carboxylic acids is 2. The van der Waals surface area contributed by atoms with E-state index in [2.05, 4.69) is 10.1 Å². The number of aromatic nitrogens is 1. The lowest BCUT2D eigenvalue weighted by Crippen LogP contribution is -2.36. The topological polar surface area (TPSA) is 94.1 Å². The summed E-state index contributed by atoms with van der Waals surface area (Å²) in [5, 5.41) is 16.2. The highest BCUT2D eigenvalue weighted by Gasteiger charge is 2.36. The fourth-order valence-electron chi connectivity index (χ4n) is 4.97. The predicted molar refractivity (Wildman–Crippen MR) is 147 cm³/mol. The summed E-state index contributed by atoms with van der Waals surface area (Å²) in [6.07, 6.45) is 6.78. The highest BCUT2D eigenvalue weighted by atomic mass is 32.2. The number of likely N-dealkylation sites (tertiary alicyclic amines) is 1. The first-order valence-corrected chi connectivity index (χ1v) is 13.4. The van der Waals surface area contributed by atoms with Gasteiger partial charge >= 0.3 is 0 Å². The first-order valence-electron chi connectivity index (χ1n) is 12.6. The summed E-state index contributed by atoms with van der Waals surface area (Å²) in [6, 6.07) is 14.3. The molecule has 38 heavy (non-hydrogen) atoms. The predicted octanol–water partition coefficient (Wildman–Crippen LogP) is 4.85. The molecule has 8 nitrogen and oxygen atoms in total. The van der Waals surface area contributed by atoms with Crippen molar-refractivity contribution in [2.24, 2.45) is 10.1 Å². The number of thioether (sulfide) groups is 1. The molecule has 1 fully saturated rings. The Morgan fingerprint density at radius 1 is 1.08 bits per heavy atom. The van der Waals surface area contributed by atoms with Gasteiger partial charge in [0.15, 0.2) is 5.84 Å². The average Bonchev–Trinajstić information content (AvgIpc) is 3.49. The van der Waals surface area contributed by atoms with Crippen LogP contribution in [0.5, 0.6) is 0 Å². The van der Waals surface area contributed by atoms with Crippen molar-refractivity contribution in [1.29, 1.82) is 5.41 Å². The fourth-order valence-corrected chi connectivity index (χ4v) is 5.85. The zero-order valence-electron chi connectivity index (χ0n) is 20.6. The van der Waals surface area contributed by atoms with Crippen LogP contribution in [0.25, 0.3) is 17.0 Å². The summed E-state index contributed by atoms with van der Waals surface area (Å²) in [6.45, 7) is 1.84. The number of halogens is 1. The number of amidine groups is 2. The van der Waals surface area contributed by atoms with Crippen LogP contribution >= 0.6 is 11.8 Å². The number of amides is 2. The van der Waals surface area contributed by atoms with Crippen molar-refractivity contribution in [3.8, 4) is 0 Å². The Hall–Kier alpha value is -4.05. The van der Waals surface area contributed by atoms with Crippen molar-refractivity contribution in [1.82, 2.24) is 14.5 Å². The molecule has 2 aromatic carbocycles. The number of para-hydroxylation sites is 1. The molecule has 0 atom stereocenters. The van der Waals surface area contributed by atoms with Crippen LogP contribution in [0.2, 0.25) is 0 Å². The molecule has 0 spiro atoms. The van der Waals surface area contributed by atoms with Gasteiger partial charge in [-0.2, -0.15) is 15.1 Å². The Morgan fingerprint density at radius 2 is 1.84 bits per heavy atom. The fraction of sp³-hybridized carbons (Fsp3) is 0.250. The van der Waals surface area contributed by atoms with E-state index in [0.717, 1.165) is 60.6 Å². The lowest BCUT2D eigenvalue weighted by atomic mass is 10.1. The smallest absolute Gasteiger partial charge is 0.283 e. The molecule has 3 aromatic rings. The summed E-state index contributed by atoms with van der Waals surface area (Å²) in [5.41, 5.74) is 2.27. The first kappa shape index (κ1) is 24.3. The van der Waals surface area contributed by atoms with E-state index < -0.39 is 5.91 Å². The molecule has 3 aliphatic heterocycles. The minimum Gasteiger partial charge on any atom is -0.342 e. The maximum Gasteiger partial charge on any atom is 0.283 e. The van der Waals surface area contributed by atoms with Gasteiger partial charge in [0.05, 0.1) is 18.5 Å². The molecule has 0 radical (unpaired) electrons. The van der Waals surface area contributed by atoms with Crippen LogP contribution < -0.4 is 0 Å². The number of nitrogens with zero attached hydrogens (tertiary/aromatic N) is 5. The van der Waals surface area contributed by atoms with E-state index in [1.807, 2.05) is 39.9 Å². The largest absolute Gasteiger partial charge is 0.342 e. The molecule has 1 aromatic heterocycles. The lowest BCUT2D eigenvalue weighted by Gasteiger charge is -2.26. The van der Waals surface area contributed by atoms with E-state index >= 15 is 0 Å². The third kappa shape index (κ3) is 4.56. The maximum absolute atomic E-state index is 14.3. The summed E-state index contributed by atoms with van der Waals surface area (Å²) < 4.78 is 16.3. The third-order valence-corrected chi connectivity index (χ3v) is 7.83. The van der Waals surface area contributed by atoms with Gasteiger partial charge in [0.25, 0.3) is 5.91 Å². The maximum atomic E-state index is 14.3. The number of aliphatic imine (C=N–C) groups is 1. The van der Waals surface area contributed by atoms with Crippen molar-refractivity contribution in [2.45, 2.75) is 32.2 Å². The van der Waals surface area contributed by atoms with Gasteiger partial charge in [-0.05, 0) is 49.2 Å². The highest BCUT2D eigenvalue weighted by molar-refractivity contribution is 8.27. The number of nitrogens with one attached hydrogen (secondary N) is 1. The van der Waals surface area contributed by atoms with E-state index in [1.165, 1.54) is 11.1 Å². The number of carbonyl (C=O) groups is 2. The molecule has 6 rings (SSSR count). The molecule has 0 saturated carbocycles. The van der Waals surface area contributed by atoms with Crippen LogP contribution in [0, 0.1) is 11.2 Å². The zero-order valence-corrected chi connectivity index (χ0v) is 21.4. The number of hydrazone groups is 1. The standard InChI is InChI=1S/C28H25FN6O2S/c29-22-10-4-2-8-18(22)16-34-17-19(20-9-3-5-11-23(20)34)14-21-26(30)35-28(31-27(21)37)38-24(32-35)15-25(36)33-12-6-1-7-13-33/h2-5,8-11,14,17,30H,1,6-7,12-13,15-16H2/b21-14+,30-26?. The molecule has 4 heterocycles. The van der Waals surface area contributed by atoms with Crippen molar-refractivity contribution < 1.29 is 14.0 Å². The number of benzene rings is 2. The van der Waals surface area contributed by atoms with Crippen LogP contribution in [0.4, 0.5) is 4.39 Å². The Bertz CT molecular complexity index is 1570. The van der Waals surface area contributed by atoms with Crippen molar-refractivity contribution in [2.75, 3.05) is 13.1 Å². The Kier molecular flexibility index (Phi) is 6.40. The molecule has 0 aliphatic carbocycles. The van der Waals surface area contributed by atoms with Crippen molar-refractivity contribution in [3.05, 3.63) is 77.2 Å². The summed E-state index contributed by atoms with van der Waals surface area (Å²) >= 11 is 1.16. The quantitative estimate of drug-likeness (QED) is 0.479. The highest BCUT2D eigenvalue weighted by Crippen LogP contribution is 2.31. The Morgan fingerprint density at radius 3 is 2.66 bits per heavy atom. The summed E-state index contributed by atoms with van der Waals surface area (Å²) in [4.78, 5) is 31.7. The number of hydrogen-bond donors (Lipinski definition) is 1. The number of rotatable bonds is 5. The van der Waals surface area contributed by atoms with E-state index in [0.29, 0.717) is 22.3 Å². The lowest BCUT2D eigenvalue weighted by molar-refractivity contribution is -0.130. The monoisotopic (exact) mass is 528 g/mol. The summed E-state index contributed by atoms with van der Waals surface area (Å²) in [7, 11) is 0. The number of piperidine rings is 1. The van der Waals surface area contributed by atoms with Gasteiger partial charge < -0.3 is 9.47 Å². The third-order valence-electron chi connectivity index (χ3n) is 6.93. The molecule has 0 unspecified atom stereocenters. The molecular weight excluding hydrogens is 503 g/mol. The number of hydrogen-bond acceptors (Lipinski definition) is 5. The molecule has 2 amide bonds. The first-order chi connectivity index (χ1) is 18.5. The second-order valence-electron chi connectivity index (χ2n) is 9.45. The second-order valence-corrected chi connectivity index (χ2v) is 10.5. The average molecular weight is 529 g/mol. The van der Waals surface area contributed by atoms with Gasteiger partial charge in [-0.15, -0.1) is 0 Å². The Labute approximate surface area is 223 Å². The van der Waals surface area contributed by atoms with Crippen molar-refractivity contribution >= 4 is 56.6 Å². The van der Waals surface area contributed by atoms with E-state index in [4.69, 9.17) is 5.41 Å². The van der Waals surface area contributed by atoms with Gasteiger partial charge in [0.1, 0.15) is 10.9 Å². The van der Waals surface area contributed by atoms with E-state index in [-0.39, 0.29) is 29.6 Å². The second kappa shape index (κ2) is 10.0. The summed E-state index contributed by atoms with van der Waals surface area (Å²) in [5.74, 6) is -0.889. The Balaban J connectivity index is 1.28. The van der Waals surface area contributed by atoms with Gasteiger partial charge in [-0.1, -0.05) is 36.4 Å². The van der Waals surface area contributed by atoms with Crippen LogP contribution in [-0.2, 0) is 16.1 Å². The van der Waals surface area contributed by atoms with Gasteiger partial charge in [-0.3, -0.25) is 15.0 Å².